The number of ether oxygens (including phenoxy) is 1. The molecule has 0 aliphatic heterocycles. The lowest BCUT2D eigenvalue weighted by Crippen LogP contribution is -2.28. The summed E-state index contributed by atoms with van der Waals surface area (Å²) in [4.78, 5) is 38.3. The molecule has 0 aliphatic carbocycles. The molecule has 0 fully saturated rings. The molecular formula is C24H29N3O4. The Labute approximate surface area is 181 Å². The Morgan fingerprint density at radius 3 is 2.29 bits per heavy atom. The maximum atomic E-state index is 12.9. The Morgan fingerprint density at radius 2 is 1.71 bits per heavy atom. The minimum atomic E-state index is -0.722. The van der Waals surface area contributed by atoms with Crippen molar-refractivity contribution in [1.82, 2.24) is 14.3 Å². The van der Waals surface area contributed by atoms with E-state index < -0.39 is 5.97 Å². The Kier molecular flexibility index (Phi) is 6.43. The van der Waals surface area contributed by atoms with Crippen LogP contribution in [-0.2, 0) is 11.3 Å². The molecule has 2 aromatic heterocycles. The van der Waals surface area contributed by atoms with Crippen molar-refractivity contribution >= 4 is 22.5 Å². The lowest BCUT2D eigenvalue weighted by molar-refractivity contribution is 0.0468. The molecular weight excluding hydrogens is 394 g/mol. The van der Waals surface area contributed by atoms with E-state index in [9.17, 15) is 14.4 Å². The molecule has 7 heteroatoms. The van der Waals surface area contributed by atoms with Crippen LogP contribution in [0.15, 0.2) is 35.1 Å². The Hall–Kier alpha value is -3.22. The topological polar surface area (TPSA) is 83.2 Å². The number of carbonyl (C=O) groups excluding carboxylic acids is 2. The Morgan fingerprint density at radius 1 is 1.06 bits per heavy atom. The number of carbonyl (C=O) groups is 2. The third-order valence-electron chi connectivity index (χ3n) is 5.23. The molecule has 0 amide bonds. The number of hydrogen-bond acceptors (Lipinski definition) is 5. The van der Waals surface area contributed by atoms with Crippen LogP contribution in [0.5, 0.6) is 0 Å². The second-order valence-corrected chi connectivity index (χ2v) is 8.52. The number of fused-ring (bicyclic) bond motifs is 1. The second kappa shape index (κ2) is 8.88. The number of hydrogen-bond donors (Lipinski definition) is 0. The van der Waals surface area contributed by atoms with Gasteiger partial charge in [0, 0.05) is 34.9 Å². The van der Waals surface area contributed by atoms with E-state index in [-0.39, 0.29) is 35.6 Å². The number of nitrogens with zero attached hydrogens (tertiary/aromatic N) is 3. The van der Waals surface area contributed by atoms with Crippen molar-refractivity contribution in [1.29, 1.82) is 0 Å². The number of esters is 1. The first-order chi connectivity index (χ1) is 14.6. The largest absolute Gasteiger partial charge is 0.452 e. The van der Waals surface area contributed by atoms with Crippen LogP contribution in [0.25, 0.3) is 10.8 Å². The summed E-state index contributed by atoms with van der Waals surface area (Å²) in [5, 5.41) is 5.08. The molecule has 31 heavy (non-hydrogen) atoms. The first-order valence-corrected chi connectivity index (χ1v) is 10.5. The Balaban J connectivity index is 1.89. The lowest BCUT2D eigenvalue weighted by Gasteiger charge is -2.14. The zero-order chi connectivity index (χ0) is 22.9. The average molecular weight is 424 g/mol. The van der Waals surface area contributed by atoms with Gasteiger partial charge in [0.2, 0.25) is 5.78 Å². The summed E-state index contributed by atoms with van der Waals surface area (Å²) in [6.45, 7) is 11.9. The molecule has 0 N–H and O–H groups in total. The summed E-state index contributed by atoms with van der Waals surface area (Å²) < 4.78 is 8.71. The predicted molar refractivity (Wildman–Crippen MR) is 120 cm³/mol. The van der Waals surface area contributed by atoms with Gasteiger partial charge in [0.1, 0.15) is 0 Å². The van der Waals surface area contributed by atoms with Crippen LogP contribution in [0.4, 0.5) is 0 Å². The lowest BCUT2D eigenvalue weighted by atomic mass is 10.1. The zero-order valence-corrected chi connectivity index (χ0v) is 18.9. The molecule has 0 bridgehead atoms. The van der Waals surface area contributed by atoms with Crippen LogP contribution in [0, 0.1) is 19.8 Å². The minimum absolute atomic E-state index is 0.0382. The molecule has 0 spiro atoms. The van der Waals surface area contributed by atoms with Gasteiger partial charge in [0.15, 0.2) is 12.3 Å². The first kappa shape index (κ1) is 22.5. The van der Waals surface area contributed by atoms with Gasteiger partial charge in [-0.2, -0.15) is 5.10 Å². The fourth-order valence-electron chi connectivity index (χ4n) is 3.99. The molecule has 3 rings (SSSR count). The molecule has 0 saturated carbocycles. The van der Waals surface area contributed by atoms with Crippen molar-refractivity contribution in [2.75, 3.05) is 6.61 Å². The second-order valence-electron chi connectivity index (χ2n) is 8.52. The van der Waals surface area contributed by atoms with Crippen molar-refractivity contribution in [3.63, 3.8) is 0 Å². The smallest absolute Gasteiger partial charge is 0.359 e. The van der Waals surface area contributed by atoms with E-state index >= 15 is 0 Å². The summed E-state index contributed by atoms with van der Waals surface area (Å²) in [5.41, 5.74) is 2.16. The molecule has 0 radical (unpaired) electrons. The number of aromatic nitrogens is 3. The Bertz CT molecular complexity index is 1200. The number of rotatable bonds is 7. The molecule has 164 valence electrons. The molecule has 0 unspecified atom stereocenters. The summed E-state index contributed by atoms with van der Waals surface area (Å²) in [6.07, 6.45) is 0. The summed E-state index contributed by atoms with van der Waals surface area (Å²) in [6, 6.07) is 8.85. The van der Waals surface area contributed by atoms with E-state index in [1.807, 2.05) is 33.8 Å². The fraction of sp³-hybridized carbons (Fsp3) is 0.417. The van der Waals surface area contributed by atoms with Crippen molar-refractivity contribution < 1.29 is 14.3 Å². The van der Waals surface area contributed by atoms with Gasteiger partial charge in [-0.15, -0.1) is 0 Å². The molecule has 7 nitrogen and oxygen atoms in total. The van der Waals surface area contributed by atoms with Crippen molar-refractivity contribution in [2.45, 2.75) is 54.1 Å². The van der Waals surface area contributed by atoms with E-state index in [2.05, 4.69) is 23.5 Å². The van der Waals surface area contributed by atoms with Gasteiger partial charge in [-0.25, -0.2) is 9.48 Å². The van der Waals surface area contributed by atoms with E-state index in [0.717, 1.165) is 11.4 Å². The maximum absolute atomic E-state index is 12.9. The average Bonchev–Trinajstić information content (AvgIpc) is 3.02. The van der Waals surface area contributed by atoms with E-state index in [0.29, 0.717) is 22.9 Å². The van der Waals surface area contributed by atoms with Crippen molar-refractivity contribution in [3.05, 3.63) is 63.3 Å². The van der Waals surface area contributed by atoms with E-state index in [1.165, 1.54) is 4.68 Å². The highest BCUT2D eigenvalue weighted by Crippen LogP contribution is 2.21. The zero-order valence-electron chi connectivity index (χ0n) is 18.9. The van der Waals surface area contributed by atoms with Gasteiger partial charge >= 0.3 is 5.97 Å². The van der Waals surface area contributed by atoms with Crippen LogP contribution in [0.2, 0.25) is 0 Å². The van der Waals surface area contributed by atoms with Gasteiger partial charge in [-0.3, -0.25) is 9.59 Å². The number of aryl methyl sites for hydroxylation is 1. The summed E-state index contributed by atoms with van der Waals surface area (Å²) >= 11 is 0. The summed E-state index contributed by atoms with van der Waals surface area (Å²) in [7, 11) is 0. The van der Waals surface area contributed by atoms with Gasteiger partial charge in [0.25, 0.3) is 5.56 Å². The fourth-order valence-corrected chi connectivity index (χ4v) is 3.99. The number of ketones is 1. The third-order valence-corrected chi connectivity index (χ3v) is 5.23. The molecule has 2 heterocycles. The van der Waals surface area contributed by atoms with E-state index in [1.54, 1.807) is 24.3 Å². The highest BCUT2D eigenvalue weighted by molar-refractivity contribution is 6.04. The molecule has 0 aliphatic rings. The third kappa shape index (κ3) is 4.45. The highest BCUT2D eigenvalue weighted by atomic mass is 16.5. The SMILES string of the molecule is Cc1cc(C(=O)COC(=O)c2nn(CC(C)C)c(=O)c3ccccc23)c(C)n1C(C)C. The van der Waals surface area contributed by atoms with Gasteiger partial charge in [0.05, 0.1) is 5.39 Å². The van der Waals surface area contributed by atoms with Gasteiger partial charge in [-0.1, -0.05) is 32.0 Å². The van der Waals surface area contributed by atoms with Crippen molar-refractivity contribution in [3.8, 4) is 0 Å². The van der Waals surface area contributed by atoms with Gasteiger partial charge < -0.3 is 9.30 Å². The highest BCUT2D eigenvalue weighted by Gasteiger charge is 2.22. The monoisotopic (exact) mass is 423 g/mol. The standard InChI is InChI=1S/C24H29N3O4/c1-14(2)12-26-23(29)19-10-8-7-9-18(19)22(25-26)24(30)31-13-21(28)20-11-16(5)27(15(3)4)17(20)6/h7-11,14-15H,12-13H2,1-6H3. The van der Waals surface area contributed by atoms with Crippen LogP contribution in [0.1, 0.15) is 66.0 Å². The minimum Gasteiger partial charge on any atom is -0.452 e. The predicted octanol–water partition coefficient (Wildman–Crippen LogP) is 4.09. The number of benzene rings is 1. The van der Waals surface area contributed by atoms with Crippen molar-refractivity contribution in [2.24, 2.45) is 5.92 Å². The number of Topliss-reactive ketones (excluding diaryl/α,β-unsaturated/α-hetero) is 1. The van der Waals surface area contributed by atoms with Crippen LogP contribution < -0.4 is 5.56 Å². The van der Waals surface area contributed by atoms with Crippen LogP contribution in [0.3, 0.4) is 0 Å². The summed E-state index contributed by atoms with van der Waals surface area (Å²) in [5.74, 6) is -0.819. The van der Waals surface area contributed by atoms with Crippen LogP contribution >= 0.6 is 0 Å². The molecule has 1 aromatic carbocycles. The molecule has 0 atom stereocenters. The first-order valence-electron chi connectivity index (χ1n) is 10.5. The molecule has 3 aromatic rings. The normalized spacial score (nSPS) is 11.5. The quantitative estimate of drug-likeness (QED) is 0.422. The van der Waals surface area contributed by atoms with Gasteiger partial charge in [-0.05, 0) is 45.7 Å². The maximum Gasteiger partial charge on any atom is 0.359 e. The van der Waals surface area contributed by atoms with E-state index in [4.69, 9.17) is 4.74 Å². The van der Waals surface area contributed by atoms with Crippen LogP contribution in [-0.4, -0.2) is 32.7 Å². The molecule has 0 saturated heterocycles.